The Labute approximate surface area is 379 Å². The van der Waals surface area contributed by atoms with E-state index in [9.17, 15) is 19.2 Å². The van der Waals surface area contributed by atoms with Gasteiger partial charge in [0.2, 0.25) is 11.8 Å². The first-order chi connectivity index (χ1) is 31.4. The summed E-state index contributed by atoms with van der Waals surface area (Å²) in [5, 5.41) is 7.67. The summed E-state index contributed by atoms with van der Waals surface area (Å²) in [6.07, 6.45) is 8.32. The van der Waals surface area contributed by atoms with Crippen LogP contribution >= 0.6 is 0 Å². The number of benzene rings is 3. The summed E-state index contributed by atoms with van der Waals surface area (Å²) in [6.45, 7) is 9.56. The molecule has 4 aliphatic rings. The van der Waals surface area contributed by atoms with E-state index in [1.54, 1.807) is 0 Å². The molecule has 1 aliphatic carbocycles. The summed E-state index contributed by atoms with van der Waals surface area (Å²) in [6, 6.07) is 17.1. The molecule has 4 fully saturated rings. The molecule has 65 heavy (non-hydrogen) atoms. The van der Waals surface area contributed by atoms with E-state index in [1.165, 1.54) is 14.2 Å². The minimum absolute atomic E-state index is 0.0853. The van der Waals surface area contributed by atoms with E-state index in [0.29, 0.717) is 25.5 Å². The molecular formula is C50H62N8O7. The van der Waals surface area contributed by atoms with E-state index in [0.717, 1.165) is 107 Å². The molecule has 4 N–H and O–H groups in total. The van der Waals surface area contributed by atoms with Crippen LogP contribution in [0.25, 0.3) is 44.2 Å². The van der Waals surface area contributed by atoms with Crippen LogP contribution in [0.1, 0.15) is 103 Å². The summed E-state index contributed by atoms with van der Waals surface area (Å²) in [7, 11) is 2.62. The summed E-state index contributed by atoms with van der Waals surface area (Å²) in [5.74, 6) is 1.39. The number of nitrogens with zero attached hydrogens (tertiary/aromatic N) is 4. The molecule has 5 heterocycles. The van der Waals surface area contributed by atoms with Crippen molar-refractivity contribution in [2.45, 2.75) is 109 Å². The molecule has 0 bridgehead atoms. The number of rotatable bonds is 10. The highest BCUT2D eigenvalue weighted by Crippen LogP contribution is 2.49. The van der Waals surface area contributed by atoms with Gasteiger partial charge in [-0.15, -0.1) is 0 Å². The zero-order chi connectivity index (χ0) is 45.6. The SMILES string of the molecule is COC(=O)N[C@H](C(=O)N1C[C@]2(CCCOC2)C[C@H]1c1nc2ccc3cc(-c4ccc(-c5cnc([C@@H]6C[C@@H]7CCCC[C@@H]7N6C(=O)[C@@H](NC(=O)OC)C(C)C)[nH]5)cc4)ccc3c2[nH]1)C(C)C. The average molecular weight is 887 g/mol. The molecule has 0 radical (unpaired) electrons. The van der Waals surface area contributed by atoms with Crippen molar-refractivity contribution in [1.82, 2.24) is 40.4 Å². The molecule has 3 aliphatic heterocycles. The predicted octanol–water partition coefficient (Wildman–Crippen LogP) is 8.44. The number of alkyl carbamates (subject to hydrolysis) is 2. The molecule has 3 saturated heterocycles. The van der Waals surface area contributed by atoms with E-state index in [2.05, 4.69) is 69.1 Å². The van der Waals surface area contributed by atoms with Crippen molar-refractivity contribution in [3.63, 3.8) is 0 Å². The third-order valence-electron chi connectivity index (χ3n) is 14.6. The van der Waals surface area contributed by atoms with Gasteiger partial charge in [0, 0.05) is 30.0 Å². The fourth-order valence-corrected chi connectivity index (χ4v) is 11.1. The first kappa shape index (κ1) is 44.3. The van der Waals surface area contributed by atoms with Crippen molar-refractivity contribution in [1.29, 1.82) is 0 Å². The van der Waals surface area contributed by atoms with E-state index in [1.807, 2.05) is 49.8 Å². The van der Waals surface area contributed by atoms with Gasteiger partial charge in [-0.25, -0.2) is 19.6 Å². The zero-order valence-electron chi connectivity index (χ0n) is 38.3. The molecule has 0 unspecified atom stereocenters. The Hall–Kier alpha value is -5.96. The lowest BCUT2D eigenvalue weighted by molar-refractivity contribution is -0.138. The summed E-state index contributed by atoms with van der Waals surface area (Å²) < 4.78 is 15.7. The van der Waals surface area contributed by atoms with Crippen molar-refractivity contribution in [3.8, 4) is 22.4 Å². The second kappa shape index (κ2) is 18.1. The predicted molar refractivity (Wildman–Crippen MR) is 246 cm³/mol. The number of carbonyl (C=O) groups excluding carboxylic acids is 4. The maximum Gasteiger partial charge on any atom is 0.407 e. The number of nitrogens with one attached hydrogen (secondary N) is 4. The topological polar surface area (TPSA) is 184 Å². The van der Waals surface area contributed by atoms with Crippen molar-refractivity contribution < 1.29 is 33.4 Å². The molecule has 2 aromatic heterocycles. The Balaban J connectivity index is 0.953. The molecule has 5 aromatic rings. The van der Waals surface area contributed by atoms with Gasteiger partial charge in [0.1, 0.15) is 23.7 Å². The number of likely N-dealkylation sites (tertiary alicyclic amines) is 2. The monoisotopic (exact) mass is 886 g/mol. The van der Waals surface area contributed by atoms with Crippen LogP contribution in [-0.4, -0.2) is 106 Å². The highest BCUT2D eigenvalue weighted by molar-refractivity contribution is 6.05. The van der Waals surface area contributed by atoms with Gasteiger partial charge in [0.05, 0.1) is 55.8 Å². The van der Waals surface area contributed by atoms with E-state index in [-0.39, 0.29) is 47.2 Å². The number of carbonyl (C=O) groups is 4. The minimum atomic E-state index is -0.745. The second-order valence-electron chi connectivity index (χ2n) is 19.4. The van der Waals surface area contributed by atoms with Gasteiger partial charge in [0.15, 0.2) is 0 Å². The Kier molecular flexibility index (Phi) is 12.3. The standard InChI is InChI=1S/C50H62N8O7/c1-28(2)41(55-48(61)63-5)46(59)57-26-50(20-9-21-65-27-50)24-40(57)45-52-36-19-17-33-22-32(16-18-35(33)43(36)54-45)30-12-14-31(15-13-30)37-25-51-44(53-37)39-23-34-10-7-8-11-38(34)58(39)47(60)42(29(3)4)56-49(62)64-6/h12-19,22,25,28-29,34,38-42H,7-11,20-21,23-24,26-27H2,1-6H3,(H,51,53)(H,52,54)(H,55,61)(H,56,62)/t34-,38-,39-,40-,41-,42-,50-/m0/s1. The molecule has 15 heteroatoms. The smallest absolute Gasteiger partial charge is 0.407 e. The third-order valence-corrected chi connectivity index (χ3v) is 14.6. The van der Waals surface area contributed by atoms with Crippen LogP contribution in [0.3, 0.4) is 0 Å². The normalized spacial score (nSPS) is 24.1. The quantitative estimate of drug-likeness (QED) is 0.107. The Bertz CT molecular complexity index is 2560. The fraction of sp³-hybridized carbons (Fsp3) is 0.520. The third kappa shape index (κ3) is 8.55. The van der Waals surface area contributed by atoms with E-state index < -0.39 is 24.3 Å². The lowest BCUT2D eigenvalue weighted by atomic mass is 9.80. The Morgan fingerprint density at radius 1 is 0.800 bits per heavy atom. The number of H-pyrrole nitrogens is 2. The van der Waals surface area contributed by atoms with Crippen LogP contribution in [0.5, 0.6) is 0 Å². The van der Waals surface area contributed by atoms with Crippen LogP contribution in [0, 0.1) is 23.2 Å². The van der Waals surface area contributed by atoms with Gasteiger partial charge in [-0.05, 0) is 90.5 Å². The summed E-state index contributed by atoms with van der Waals surface area (Å²) in [5.41, 5.74) is 5.56. The van der Waals surface area contributed by atoms with Gasteiger partial charge >= 0.3 is 12.2 Å². The number of hydrogen-bond acceptors (Lipinski definition) is 9. The number of aromatic nitrogens is 4. The van der Waals surface area contributed by atoms with Crippen molar-refractivity contribution in [2.24, 2.45) is 23.2 Å². The average Bonchev–Trinajstić information content (AvgIpc) is 4.14. The van der Waals surface area contributed by atoms with Gasteiger partial charge in [-0.3, -0.25) is 9.59 Å². The van der Waals surface area contributed by atoms with Crippen LogP contribution in [0.2, 0.25) is 0 Å². The zero-order valence-corrected chi connectivity index (χ0v) is 38.3. The van der Waals surface area contributed by atoms with Crippen LogP contribution < -0.4 is 10.6 Å². The fourth-order valence-electron chi connectivity index (χ4n) is 11.1. The number of fused-ring (bicyclic) bond motifs is 4. The van der Waals surface area contributed by atoms with Gasteiger partial charge in [0.25, 0.3) is 0 Å². The summed E-state index contributed by atoms with van der Waals surface area (Å²) in [4.78, 5) is 74.2. The van der Waals surface area contributed by atoms with Crippen LogP contribution in [0.15, 0.2) is 60.8 Å². The molecule has 344 valence electrons. The minimum Gasteiger partial charge on any atom is -0.453 e. The van der Waals surface area contributed by atoms with Crippen molar-refractivity contribution >= 4 is 45.8 Å². The highest BCUT2D eigenvalue weighted by Gasteiger charge is 2.51. The molecule has 1 saturated carbocycles. The number of hydrogen-bond donors (Lipinski definition) is 4. The maximum absolute atomic E-state index is 14.3. The highest BCUT2D eigenvalue weighted by atomic mass is 16.5. The molecule has 3 aromatic carbocycles. The van der Waals surface area contributed by atoms with Gasteiger partial charge < -0.3 is 44.6 Å². The number of imidazole rings is 2. The molecule has 4 amide bonds. The molecular weight excluding hydrogens is 825 g/mol. The number of ether oxygens (including phenoxy) is 3. The van der Waals surface area contributed by atoms with E-state index >= 15 is 0 Å². The largest absolute Gasteiger partial charge is 0.453 e. The second-order valence-corrected chi connectivity index (χ2v) is 19.4. The number of amides is 4. The first-order valence-electron chi connectivity index (χ1n) is 23.3. The Morgan fingerprint density at radius 3 is 2.18 bits per heavy atom. The maximum atomic E-state index is 14.3. The Morgan fingerprint density at radius 2 is 1.49 bits per heavy atom. The van der Waals surface area contributed by atoms with Crippen molar-refractivity contribution in [3.05, 3.63) is 72.4 Å². The molecule has 7 atom stereocenters. The van der Waals surface area contributed by atoms with Gasteiger partial charge in [-0.2, -0.15) is 0 Å². The summed E-state index contributed by atoms with van der Waals surface area (Å²) >= 11 is 0. The van der Waals surface area contributed by atoms with Crippen LogP contribution in [0.4, 0.5) is 9.59 Å². The van der Waals surface area contributed by atoms with Crippen LogP contribution in [-0.2, 0) is 23.8 Å². The molecule has 1 spiro atoms. The van der Waals surface area contributed by atoms with Gasteiger partial charge in [-0.1, -0.05) is 83.0 Å². The molecule has 9 rings (SSSR count). The van der Waals surface area contributed by atoms with E-state index in [4.69, 9.17) is 24.2 Å². The number of methoxy groups -OCH3 is 2. The molecule has 15 nitrogen and oxygen atoms in total. The number of aromatic amines is 2. The lowest BCUT2D eigenvalue weighted by Crippen LogP contribution is -2.53. The lowest BCUT2D eigenvalue weighted by Gasteiger charge is -2.36. The van der Waals surface area contributed by atoms with Crippen molar-refractivity contribution in [2.75, 3.05) is 34.0 Å². The first-order valence-corrected chi connectivity index (χ1v) is 23.3.